The number of halogens is 1. The van der Waals surface area contributed by atoms with Crippen molar-refractivity contribution >= 4 is 45.0 Å². The molecule has 0 fully saturated rings. The number of anilines is 2. The molecule has 0 spiro atoms. The van der Waals surface area contributed by atoms with Crippen molar-refractivity contribution in [3.63, 3.8) is 0 Å². The average Bonchev–Trinajstić information content (AvgIpc) is 3.02. The molecular formula is C28H29BrN4O3. The summed E-state index contributed by atoms with van der Waals surface area (Å²) in [4.78, 5) is 41.4. The van der Waals surface area contributed by atoms with Gasteiger partial charge >= 0.3 is 0 Å². The topological polar surface area (TPSA) is 105 Å². The zero-order valence-electron chi connectivity index (χ0n) is 20.3. The van der Waals surface area contributed by atoms with E-state index < -0.39 is 6.04 Å². The monoisotopic (exact) mass is 548 g/mol. The molecular weight excluding hydrogens is 520 g/mol. The van der Waals surface area contributed by atoms with Gasteiger partial charge in [-0.2, -0.15) is 0 Å². The number of hydrogen-bond acceptors (Lipinski definition) is 4. The minimum absolute atomic E-state index is 0.0741. The van der Waals surface area contributed by atoms with Gasteiger partial charge in [0.15, 0.2) is 0 Å². The molecule has 8 heteroatoms. The maximum Gasteiger partial charge on any atom is 0.258 e. The molecule has 0 saturated carbocycles. The molecule has 3 aromatic rings. The van der Waals surface area contributed by atoms with Crippen LogP contribution in [-0.2, 0) is 4.79 Å². The van der Waals surface area contributed by atoms with Gasteiger partial charge in [0.2, 0.25) is 5.91 Å². The Morgan fingerprint density at radius 2 is 1.81 bits per heavy atom. The van der Waals surface area contributed by atoms with E-state index in [4.69, 9.17) is 5.73 Å². The highest BCUT2D eigenvalue weighted by atomic mass is 79.9. The molecule has 1 aliphatic heterocycles. The third kappa shape index (κ3) is 5.66. The second-order valence-electron chi connectivity index (χ2n) is 9.65. The van der Waals surface area contributed by atoms with Crippen LogP contribution in [0.5, 0.6) is 0 Å². The Kier molecular flexibility index (Phi) is 7.56. The standard InChI is InChI=1S/C28H29BrN4O3/c1-28(2,16-30)17-31-26(35)19-11-12-23-22(14-19)32-25(34)15-24(18-7-4-3-5-8-18)33(23)27(36)20-9-6-10-21(29)13-20/h3-14,24H,15-17,30H2,1-2H3,(H,31,35)(H,32,34). The van der Waals surface area contributed by atoms with Crippen molar-refractivity contribution < 1.29 is 14.4 Å². The van der Waals surface area contributed by atoms with Crippen LogP contribution in [0.3, 0.4) is 0 Å². The lowest BCUT2D eigenvalue weighted by molar-refractivity contribution is -0.116. The molecule has 36 heavy (non-hydrogen) atoms. The van der Waals surface area contributed by atoms with E-state index in [9.17, 15) is 14.4 Å². The van der Waals surface area contributed by atoms with Gasteiger partial charge in [-0.05, 0) is 53.9 Å². The minimum atomic E-state index is -0.524. The Balaban J connectivity index is 1.77. The fraction of sp³-hybridized carbons (Fsp3) is 0.250. The van der Waals surface area contributed by atoms with Crippen molar-refractivity contribution in [2.75, 3.05) is 23.3 Å². The number of nitrogens with two attached hydrogens (primary N) is 1. The minimum Gasteiger partial charge on any atom is -0.351 e. The van der Waals surface area contributed by atoms with Crippen LogP contribution in [0.4, 0.5) is 11.4 Å². The zero-order valence-corrected chi connectivity index (χ0v) is 21.8. The summed E-state index contributed by atoms with van der Waals surface area (Å²) in [7, 11) is 0. The first-order valence-electron chi connectivity index (χ1n) is 11.7. The van der Waals surface area contributed by atoms with Crippen LogP contribution in [0.15, 0.2) is 77.3 Å². The van der Waals surface area contributed by atoms with Crippen LogP contribution in [0.1, 0.15) is 52.6 Å². The summed E-state index contributed by atoms with van der Waals surface area (Å²) in [5.74, 6) is -0.761. The van der Waals surface area contributed by atoms with E-state index in [0.29, 0.717) is 35.6 Å². The number of carbonyl (C=O) groups is 3. The smallest absolute Gasteiger partial charge is 0.258 e. The molecule has 1 atom stereocenters. The molecule has 0 saturated heterocycles. The summed E-state index contributed by atoms with van der Waals surface area (Å²) in [6.45, 7) is 4.79. The number of fused-ring (bicyclic) bond motifs is 1. The van der Waals surface area contributed by atoms with Gasteiger partial charge < -0.3 is 16.4 Å². The highest BCUT2D eigenvalue weighted by Gasteiger charge is 2.34. The van der Waals surface area contributed by atoms with Crippen molar-refractivity contribution in [2.24, 2.45) is 11.1 Å². The number of nitrogens with zero attached hydrogens (tertiary/aromatic N) is 1. The number of carbonyl (C=O) groups excluding carboxylic acids is 3. The summed E-state index contributed by atoms with van der Waals surface area (Å²) in [6, 6.07) is 21.1. The van der Waals surface area contributed by atoms with E-state index in [0.717, 1.165) is 10.0 Å². The quantitative estimate of drug-likeness (QED) is 0.407. The van der Waals surface area contributed by atoms with Gasteiger partial charge in [0.25, 0.3) is 11.8 Å². The predicted octanol–water partition coefficient (Wildman–Crippen LogP) is 4.89. The first-order chi connectivity index (χ1) is 17.2. The fourth-order valence-electron chi connectivity index (χ4n) is 4.07. The molecule has 4 N–H and O–H groups in total. The molecule has 7 nitrogen and oxygen atoms in total. The number of benzene rings is 3. The Bertz CT molecular complexity index is 1290. The molecule has 0 bridgehead atoms. The summed E-state index contributed by atoms with van der Waals surface area (Å²) < 4.78 is 0.779. The largest absolute Gasteiger partial charge is 0.351 e. The van der Waals surface area contributed by atoms with Gasteiger partial charge in [-0.25, -0.2) is 0 Å². The predicted molar refractivity (Wildman–Crippen MR) is 145 cm³/mol. The zero-order chi connectivity index (χ0) is 25.9. The molecule has 3 aromatic carbocycles. The maximum absolute atomic E-state index is 13.9. The van der Waals surface area contributed by atoms with E-state index in [1.54, 1.807) is 41.3 Å². The Morgan fingerprint density at radius 1 is 1.06 bits per heavy atom. The number of hydrogen-bond donors (Lipinski definition) is 3. The van der Waals surface area contributed by atoms with Crippen LogP contribution in [0, 0.1) is 5.41 Å². The molecule has 0 radical (unpaired) electrons. The van der Waals surface area contributed by atoms with E-state index in [1.165, 1.54) is 0 Å². The Labute approximate surface area is 219 Å². The van der Waals surface area contributed by atoms with Gasteiger partial charge in [0.05, 0.1) is 23.8 Å². The van der Waals surface area contributed by atoms with Crippen LogP contribution in [0.2, 0.25) is 0 Å². The normalized spacial score (nSPS) is 15.5. The van der Waals surface area contributed by atoms with Crippen LogP contribution in [-0.4, -0.2) is 30.8 Å². The molecule has 186 valence electrons. The molecule has 1 aliphatic rings. The van der Waals surface area contributed by atoms with Crippen molar-refractivity contribution in [3.05, 3.63) is 94.0 Å². The van der Waals surface area contributed by atoms with Gasteiger partial charge in [0, 0.05) is 22.1 Å². The lowest BCUT2D eigenvalue weighted by Crippen LogP contribution is -2.38. The second-order valence-corrected chi connectivity index (χ2v) is 10.6. The van der Waals surface area contributed by atoms with Crippen molar-refractivity contribution in [1.29, 1.82) is 0 Å². The number of amides is 3. The first kappa shape index (κ1) is 25.6. The molecule has 1 heterocycles. The summed E-state index contributed by atoms with van der Waals surface area (Å²) >= 11 is 3.44. The second kappa shape index (κ2) is 10.6. The van der Waals surface area contributed by atoms with Gasteiger partial charge in [-0.15, -0.1) is 0 Å². The lowest BCUT2D eigenvalue weighted by atomic mass is 9.94. The number of nitrogens with one attached hydrogen (secondary N) is 2. The molecule has 0 aliphatic carbocycles. The SMILES string of the molecule is CC(C)(CN)CNC(=O)c1ccc2c(c1)NC(=O)CC(c1ccccc1)N2C(=O)c1cccc(Br)c1. The molecule has 1 unspecified atom stereocenters. The fourth-order valence-corrected chi connectivity index (χ4v) is 4.47. The molecule has 4 rings (SSSR count). The maximum atomic E-state index is 13.9. The third-order valence-corrected chi connectivity index (χ3v) is 6.73. The van der Waals surface area contributed by atoms with E-state index in [1.807, 2.05) is 50.2 Å². The molecule has 0 aromatic heterocycles. The van der Waals surface area contributed by atoms with Gasteiger partial charge in [-0.1, -0.05) is 66.2 Å². The highest BCUT2D eigenvalue weighted by molar-refractivity contribution is 9.10. The highest BCUT2D eigenvalue weighted by Crippen LogP contribution is 2.39. The van der Waals surface area contributed by atoms with E-state index in [2.05, 4.69) is 26.6 Å². The molecule has 3 amide bonds. The van der Waals surface area contributed by atoms with Crippen LogP contribution >= 0.6 is 15.9 Å². The van der Waals surface area contributed by atoms with Crippen molar-refractivity contribution in [3.8, 4) is 0 Å². The van der Waals surface area contributed by atoms with Crippen LogP contribution in [0.25, 0.3) is 0 Å². The van der Waals surface area contributed by atoms with Crippen LogP contribution < -0.4 is 21.3 Å². The Hall–Kier alpha value is -3.49. The van der Waals surface area contributed by atoms with E-state index in [-0.39, 0.29) is 29.6 Å². The summed E-state index contributed by atoms with van der Waals surface area (Å²) in [5, 5.41) is 5.81. The summed E-state index contributed by atoms with van der Waals surface area (Å²) in [5.41, 5.74) is 8.18. The van der Waals surface area contributed by atoms with Gasteiger partial charge in [-0.3, -0.25) is 19.3 Å². The third-order valence-electron chi connectivity index (χ3n) is 6.24. The first-order valence-corrected chi connectivity index (χ1v) is 12.5. The Morgan fingerprint density at radius 3 is 2.50 bits per heavy atom. The van der Waals surface area contributed by atoms with Gasteiger partial charge in [0.1, 0.15) is 0 Å². The van der Waals surface area contributed by atoms with E-state index >= 15 is 0 Å². The summed E-state index contributed by atoms with van der Waals surface area (Å²) in [6.07, 6.45) is 0.0741. The van der Waals surface area contributed by atoms with Crippen molar-refractivity contribution in [1.82, 2.24) is 5.32 Å². The number of rotatable bonds is 6. The van der Waals surface area contributed by atoms with Crippen molar-refractivity contribution in [2.45, 2.75) is 26.3 Å². The average molecular weight is 549 g/mol. The lowest BCUT2D eigenvalue weighted by Gasteiger charge is -2.31.